The predicted molar refractivity (Wildman–Crippen MR) is 54.2 cm³/mol. The molecule has 0 radical (unpaired) electrons. The molecule has 0 saturated heterocycles. The molecule has 0 amide bonds. The molecular weight excluding hydrogens is 213 g/mol. The standard InChI is InChI=1S/C8H15F3N2S/c1-2-3-5-12-7(14)13-6-4-8(9,10)11/h2-6H2,1H3,(H2,12,13,14). The molecule has 0 heterocycles. The van der Waals surface area contributed by atoms with Gasteiger partial charge in [0.15, 0.2) is 5.11 Å². The Hall–Kier alpha value is -0.520. The Kier molecular flexibility index (Phi) is 6.61. The van der Waals surface area contributed by atoms with Crippen LogP contribution in [0.15, 0.2) is 0 Å². The van der Waals surface area contributed by atoms with Crippen molar-refractivity contribution in [3.8, 4) is 0 Å². The van der Waals surface area contributed by atoms with Crippen LogP contribution in [-0.2, 0) is 0 Å². The lowest BCUT2D eigenvalue weighted by atomic mass is 10.3. The Labute approximate surface area is 87.2 Å². The molecule has 0 bridgehead atoms. The van der Waals surface area contributed by atoms with Gasteiger partial charge in [-0.2, -0.15) is 13.2 Å². The van der Waals surface area contributed by atoms with E-state index >= 15 is 0 Å². The van der Waals surface area contributed by atoms with Crippen LogP contribution in [0.4, 0.5) is 13.2 Å². The maximum absolute atomic E-state index is 11.7. The lowest BCUT2D eigenvalue weighted by Crippen LogP contribution is -2.37. The summed E-state index contributed by atoms with van der Waals surface area (Å²) in [4.78, 5) is 0. The van der Waals surface area contributed by atoms with Crippen LogP contribution in [0.25, 0.3) is 0 Å². The molecule has 0 unspecified atom stereocenters. The molecule has 0 atom stereocenters. The minimum absolute atomic E-state index is 0.165. The molecule has 0 aliphatic heterocycles. The largest absolute Gasteiger partial charge is 0.390 e. The molecule has 2 nitrogen and oxygen atoms in total. The van der Waals surface area contributed by atoms with E-state index in [9.17, 15) is 13.2 Å². The number of halogens is 3. The van der Waals surface area contributed by atoms with Crippen LogP contribution < -0.4 is 10.6 Å². The Bertz CT molecular complexity index is 170. The van der Waals surface area contributed by atoms with Crippen molar-refractivity contribution in [1.82, 2.24) is 10.6 Å². The van der Waals surface area contributed by atoms with Crippen LogP contribution in [0, 0.1) is 0 Å². The van der Waals surface area contributed by atoms with Crippen molar-refractivity contribution in [2.75, 3.05) is 13.1 Å². The zero-order valence-corrected chi connectivity index (χ0v) is 8.89. The summed E-state index contributed by atoms with van der Waals surface area (Å²) < 4.78 is 35.1. The molecule has 0 aliphatic rings. The number of nitrogens with one attached hydrogen (secondary N) is 2. The number of thiocarbonyl (C=S) groups is 1. The Morgan fingerprint density at radius 3 is 2.29 bits per heavy atom. The highest BCUT2D eigenvalue weighted by Gasteiger charge is 2.26. The summed E-state index contributed by atoms with van der Waals surface area (Å²) in [5.74, 6) is 0. The van der Waals surface area contributed by atoms with Gasteiger partial charge in [0.05, 0.1) is 6.42 Å². The van der Waals surface area contributed by atoms with Gasteiger partial charge in [0, 0.05) is 13.1 Å². The summed E-state index contributed by atoms with van der Waals surface area (Å²) in [5, 5.41) is 5.62. The van der Waals surface area contributed by atoms with Crippen LogP contribution >= 0.6 is 12.2 Å². The number of unbranched alkanes of at least 4 members (excludes halogenated alkanes) is 1. The Morgan fingerprint density at radius 2 is 1.79 bits per heavy atom. The van der Waals surface area contributed by atoms with Crippen LogP contribution in [0.2, 0.25) is 0 Å². The predicted octanol–water partition coefficient (Wildman–Crippen LogP) is 2.20. The van der Waals surface area contributed by atoms with E-state index in [1.807, 2.05) is 6.92 Å². The summed E-state index contributed by atoms with van der Waals surface area (Å²) in [6, 6.07) is 0. The number of hydrogen-bond acceptors (Lipinski definition) is 1. The molecular formula is C8H15F3N2S. The molecule has 0 rings (SSSR count). The van der Waals surface area contributed by atoms with Gasteiger partial charge in [0.2, 0.25) is 0 Å². The SMILES string of the molecule is CCCCNC(=S)NCCC(F)(F)F. The molecule has 0 saturated carbocycles. The maximum atomic E-state index is 11.7. The molecule has 0 aliphatic carbocycles. The molecule has 0 spiro atoms. The second-order valence-corrected chi connectivity index (χ2v) is 3.31. The molecule has 6 heteroatoms. The fourth-order valence-corrected chi connectivity index (χ4v) is 0.963. The first-order valence-electron chi connectivity index (χ1n) is 4.54. The van der Waals surface area contributed by atoms with E-state index in [0.717, 1.165) is 12.8 Å². The third-order valence-corrected chi connectivity index (χ3v) is 1.80. The van der Waals surface area contributed by atoms with Crippen LogP contribution in [0.1, 0.15) is 26.2 Å². The molecule has 0 aromatic carbocycles. The van der Waals surface area contributed by atoms with Crippen molar-refractivity contribution >= 4 is 17.3 Å². The van der Waals surface area contributed by atoms with Crippen LogP contribution in [-0.4, -0.2) is 24.4 Å². The van der Waals surface area contributed by atoms with Gasteiger partial charge in [-0.15, -0.1) is 0 Å². The van der Waals surface area contributed by atoms with E-state index in [2.05, 4.69) is 10.6 Å². The quantitative estimate of drug-likeness (QED) is 0.557. The zero-order valence-electron chi connectivity index (χ0n) is 8.08. The first kappa shape index (κ1) is 13.5. The van der Waals surface area contributed by atoms with Gasteiger partial charge < -0.3 is 10.6 Å². The van der Waals surface area contributed by atoms with Gasteiger partial charge in [-0.1, -0.05) is 13.3 Å². The third-order valence-electron chi connectivity index (χ3n) is 1.51. The van der Waals surface area contributed by atoms with E-state index in [4.69, 9.17) is 12.2 Å². The third kappa shape index (κ3) is 9.57. The molecule has 14 heavy (non-hydrogen) atoms. The van der Waals surface area contributed by atoms with Crippen molar-refractivity contribution in [2.24, 2.45) is 0 Å². The molecule has 0 aromatic rings. The molecule has 0 fully saturated rings. The Morgan fingerprint density at radius 1 is 1.21 bits per heavy atom. The summed E-state index contributed by atoms with van der Waals surface area (Å²) in [5.41, 5.74) is 0. The number of alkyl halides is 3. The molecule has 0 aromatic heterocycles. The fraction of sp³-hybridized carbons (Fsp3) is 0.875. The highest BCUT2D eigenvalue weighted by Crippen LogP contribution is 2.17. The second kappa shape index (κ2) is 6.86. The first-order valence-corrected chi connectivity index (χ1v) is 4.95. The van der Waals surface area contributed by atoms with Crippen LogP contribution in [0.5, 0.6) is 0 Å². The van der Waals surface area contributed by atoms with E-state index in [1.54, 1.807) is 0 Å². The average Bonchev–Trinajstić information content (AvgIpc) is 2.02. The summed E-state index contributed by atoms with van der Waals surface area (Å²) in [6.07, 6.45) is -2.99. The van der Waals surface area contributed by atoms with Gasteiger partial charge >= 0.3 is 6.18 Å². The van der Waals surface area contributed by atoms with Crippen molar-refractivity contribution in [3.63, 3.8) is 0 Å². The van der Waals surface area contributed by atoms with Crippen molar-refractivity contribution < 1.29 is 13.2 Å². The van der Waals surface area contributed by atoms with Gasteiger partial charge in [-0.3, -0.25) is 0 Å². The van der Waals surface area contributed by atoms with E-state index in [1.165, 1.54) is 0 Å². The van der Waals surface area contributed by atoms with Gasteiger partial charge in [0.25, 0.3) is 0 Å². The van der Waals surface area contributed by atoms with Gasteiger partial charge in [-0.05, 0) is 18.6 Å². The first-order chi connectivity index (χ1) is 6.45. The zero-order chi connectivity index (χ0) is 11.0. The Balaban J connectivity index is 3.36. The van der Waals surface area contributed by atoms with E-state index in [0.29, 0.717) is 11.7 Å². The lowest BCUT2D eigenvalue weighted by molar-refractivity contribution is -0.132. The highest BCUT2D eigenvalue weighted by atomic mass is 32.1. The van der Waals surface area contributed by atoms with Gasteiger partial charge in [0.1, 0.15) is 0 Å². The highest BCUT2D eigenvalue weighted by molar-refractivity contribution is 7.80. The van der Waals surface area contributed by atoms with E-state index < -0.39 is 12.6 Å². The van der Waals surface area contributed by atoms with Gasteiger partial charge in [-0.25, -0.2) is 0 Å². The topological polar surface area (TPSA) is 24.1 Å². The van der Waals surface area contributed by atoms with E-state index in [-0.39, 0.29) is 6.54 Å². The smallest absolute Gasteiger partial charge is 0.363 e. The van der Waals surface area contributed by atoms with Crippen molar-refractivity contribution in [2.45, 2.75) is 32.4 Å². The summed E-state index contributed by atoms with van der Waals surface area (Å²) >= 11 is 4.77. The average molecular weight is 228 g/mol. The van der Waals surface area contributed by atoms with Crippen molar-refractivity contribution in [1.29, 1.82) is 0 Å². The molecule has 84 valence electrons. The monoisotopic (exact) mass is 228 g/mol. The minimum atomic E-state index is -4.12. The lowest BCUT2D eigenvalue weighted by Gasteiger charge is -2.11. The molecule has 2 N–H and O–H groups in total. The fourth-order valence-electron chi connectivity index (χ4n) is 0.759. The second-order valence-electron chi connectivity index (χ2n) is 2.90. The number of rotatable bonds is 5. The minimum Gasteiger partial charge on any atom is -0.363 e. The summed E-state index contributed by atoms with van der Waals surface area (Å²) in [6.45, 7) is 2.57. The normalized spacial score (nSPS) is 11.1. The number of hydrogen-bond donors (Lipinski definition) is 2. The maximum Gasteiger partial charge on any atom is 0.390 e. The van der Waals surface area contributed by atoms with Crippen LogP contribution in [0.3, 0.4) is 0 Å². The van der Waals surface area contributed by atoms with Crippen molar-refractivity contribution in [3.05, 3.63) is 0 Å². The summed E-state index contributed by atoms with van der Waals surface area (Å²) in [7, 11) is 0.